The lowest BCUT2D eigenvalue weighted by Crippen LogP contribution is -2.01. The van der Waals surface area contributed by atoms with Crippen LogP contribution in [0.5, 0.6) is 0 Å². The molecule has 0 amide bonds. The van der Waals surface area contributed by atoms with Crippen molar-refractivity contribution in [1.82, 2.24) is 0 Å². The lowest BCUT2D eigenvalue weighted by Gasteiger charge is -2.13. The molecule has 0 heterocycles. The van der Waals surface area contributed by atoms with Gasteiger partial charge < -0.3 is 5.11 Å². The number of aliphatic hydroxyl groups excluding tert-OH is 1. The summed E-state index contributed by atoms with van der Waals surface area (Å²) < 4.78 is 0. The summed E-state index contributed by atoms with van der Waals surface area (Å²) >= 11 is 0. The molecule has 0 aromatic heterocycles. The van der Waals surface area contributed by atoms with Gasteiger partial charge in [0.1, 0.15) is 0 Å². The van der Waals surface area contributed by atoms with Crippen LogP contribution in [0.4, 0.5) is 0 Å². The average molecular weight is 158 g/mol. The maximum absolute atomic E-state index is 8.06. The van der Waals surface area contributed by atoms with E-state index in [0.29, 0.717) is 5.41 Å². The van der Waals surface area contributed by atoms with Gasteiger partial charge in [-0.05, 0) is 32.1 Å². The van der Waals surface area contributed by atoms with Gasteiger partial charge in [-0.2, -0.15) is 0 Å². The molecule has 1 aliphatic carbocycles. The van der Waals surface area contributed by atoms with E-state index in [-0.39, 0.29) is 6.10 Å². The summed E-state index contributed by atoms with van der Waals surface area (Å²) in [5.74, 6) is 0. The van der Waals surface area contributed by atoms with Crippen LogP contribution in [0.2, 0.25) is 0 Å². The Morgan fingerprint density at radius 2 is 1.36 bits per heavy atom. The minimum Gasteiger partial charge on any atom is -0.394 e. The van der Waals surface area contributed by atoms with Gasteiger partial charge in [-0.15, -0.1) is 0 Å². The molecule has 1 nitrogen and oxygen atoms in total. The standard InChI is InChI=1S/C7H14.C3H8O/c1-7(2)5-3-4-6-7;1-3(2)4/h3-6H2,1-2H3;3-4H,1-2H3. The Morgan fingerprint density at radius 1 is 1.09 bits per heavy atom. The highest BCUT2D eigenvalue weighted by molar-refractivity contribution is 4.74. The van der Waals surface area contributed by atoms with Crippen molar-refractivity contribution in [2.75, 3.05) is 0 Å². The van der Waals surface area contributed by atoms with Crippen LogP contribution >= 0.6 is 0 Å². The quantitative estimate of drug-likeness (QED) is 0.574. The summed E-state index contributed by atoms with van der Waals surface area (Å²) in [7, 11) is 0. The van der Waals surface area contributed by atoms with Crippen molar-refractivity contribution in [1.29, 1.82) is 0 Å². The summed E-state index contributed by atoms with van der Waals surface area (Å²) in [4.78, 5) is 0. The van der Waals surface area contributed by atoms with Gasteiger partial charge in [0.2, 0.25) is 0 Å². The Bertz CT molecular complexity index is 84.3. The molecule has 0 aliphatic heterocycles. The molecule has 0 spiro atoms. The second-order valence-electron chi connectivity index (χ2n) is 4.47. The average Bonchev–Trinajstić information content (AvgIpc) is 2.11. The van der Waals surface area contributed by atoms with Gasteiger partial charge in [0.05, 0.1) is 0 Å². The van der Waals surface area contributed by atoms with Crippen molar-refractivity contribution < 1.29 is 5.11 Å². The highest BCUT2D eigenvalue weighted by atomic mass is 16.3. The largest absolute Gasteiger partial charge is 0.394 e. The Balaban J connectivity index is 0.000000218. The van der Waals surface area contributed by atoms with E-state index in [1.807, 2.05) is 0 Å². The third-order valence-corrected chi connectivity index (χ3v) is 1.96. The van der Waals surface area contributed by atoms with E-state index in [1.165, 1.54) is 25.7 Å². The minimum atomic E-state index is -0.167. The number of hydrogen-bond donors (Lipinski definition) is 1. The summed E-state index contributed by atoms with van der Waals surface area (Å²) in [6.45, 7) is 8.17. The van der Waals surface area contributed by atoms with Crippen LogP contribution in [0.3, 0.4) is 0 Å². The summed E-state index contributed by atoms with van der Waals surface area (Å²) in [6.07, 6.45) is 5.67. The molecule has 68 valence electrons. The SMILES string of the molecule is CC(C)O.CC1(C)CCCC1. The van der Waals surface area contributed by atoms with Crippen LogP contribution in [-0.2, 0) is 0 Å². The lowest BCUT2D eigenvalue weighted by molar-refractivity contribution is 0.216. The van der Waals surface area contributed by atoms with Crippen molar-refractivity contribution in [3.63, 3.8) is 0 Å². The van der Waals surface area contributed by atoms with Gasteiger partial charge in [-0.1, -0.05) is 26.7 Å². The normalized spacial score (nSPS) is 21.3. The van der Waals surface area contributed by atoms with E-state index in [4.69, 9.17) is 5.11 Å². The second kappa shape index (κ2) is 4.76. The first-order valence-corrected chi connectivity index (χ1v) is 4.62. The van der Waals surface area contributed by atoms with E-state index in [2.05, 4.69) is 13.8 Å². The molecule has 1 N–H and O–H groups in total. The van der Waals surface area contributed by atoms with E-state index in [9.17, 15) is 0 Å². The van der Waals surface area contributed by atoms with Crippen molar-refractivity contribution in [2.45, 2.75) is 59.5 Å². The minimum absolute atomic E-state index is 0.167. The number of hydrogen-bond acceptors (Lipinski definition) is 1. The van der Waals surface area contributed by atoms with E-state index in [0.717, 1.165) is 0 Å². The van der Waals surface area contributed by atoms with Crippen LogP contribution in [0.1, 0.15) is 53.4 Å². The van der Waals surface area contributed by atoms with E-state index < -0.39 is 0 Å². The first kappa shape index (κ1) is 11.0. The Hall–Kier alpha value is -0.0400. The lowest BCUT2D eigenvalue weighted by atomic mass is 9.92. The van der Waals surface area contributed by atoms with Gasteiger partial charge in [-0.25, -0.2) is 0 Å². The first-order chi connectivity index (χ1) is 4.94. The van der Waals surface area contributed by atoms with Gasteiger partial charge in [0.25, 0.3) is 0 Å². The van der Waals surface area contributed by atoms with Crippen LogP contribution in [0.15, 0.2) is 0 Å². The summed E-state index contributed by atoms with van der Waals surface area (Å²) in [5, 5.41) is 8.06. The molecule has 11 heavy (non-hydrogen) atoms. The fourth-order valence-electron chi connectivity index (χ4n) is 1.33. The zero-order valence-corrected chi connectivity index (χ0v) is 8.35. The molecule has 0 bridgehead atoms. The molecule has 1 fully saturated rings. The molecule has 1 heteroatoms. The molecule has 0 atom stereocenters. The van der Waals surface area contributed by atoms with Crippen molar-refractivity contribution >= 4 is 0 Å². The molecule has 0 aromatic rings. The van der Waals surface area contributed by atoms with Gasteiger partial charge in [0.15, 0.2) is 0 Å². The molecule has 0 saturated heterocycles. The fraction of sp³-hybridized carbons (Fsp3) is 1.00. The zero-order chi connectivity index (χ0) is 8.91. The summed E-state index contributed by atoms with van der Waals surface area (Å²) in [6, 6.07) is 0. The number of aliphatic hydroxyl groups is 1. The third-order valence-electron chi connectivity index (χ3n) is 1.96. The number of rotatable bonds is 0. The Labute approximate surface area is 70.8 Å². The monoisotopic (exact) mass is 158 g/mol. The summed E-state index contributed by atoms with van der Waals surface area (Å²) in [5.41, 5.74) is 0.694. The van der Waals surface area contributed by atoms with Crippen molar-refractivity contribution in [3.05, 3.63) is 0 Å². The second-order valence-corrected chi connectivity index (χ2v) is 4.47. The van der Waals surface area contributed by atoms with E-state index >= 15 is 0 Å². The predicted octanol–water partition coefficient (Wildman–Crippen LogP) is 2.97. The molecule has 0 radical (unpaired) electrons. The molecular formula is C10H22O. The Morgan fingerprint density at radius 3 is 1.45 bits per heavy atom. The third kappa shape index (κ3) is 7.86. The maximum atomic E-state index is 8.06. The van der Waals surface area contributed by atoms with Gasteiger partial charge in [0, 0.05) is 6.10 Å². The topological polar surface area (TPSA) is 20.2 Å². The zero-order valence-electron chi connectivity index (χ0n) is 8.35. The highest BCUT2D eigenvalue weighted by Gasteiger charge is 2.21. The molecule has 1 rings (SSSR count). The predicted molar refractivity (Wildman–Crippen MR) is 49.6 cm³/mol. The van der Waals surface area contributed by atoms with E-state index in [1.54, 1.807) is 13.8 Å². The van der Waals surface area contributed by atoms with Crippen LogP contribution < -0.4 is 0 Å². The van der Waals surface area contributed by atoms with Gasteiger partial charge >= 0.3 is 0 Å². The fourth-order valence-corrected chi connectivity index (χ4v) is 1.33. The maximum Gasteiger partial charge on any atom is 0.0483 e. The molecule has 0 unspecified atom stereocenters. The van der Waals surface area contributed by atoms with Crippen LogP contribution in [0, 0.1) is 5.41 Å². The smallest absolute Gasteiger partial charge is 0.0483 e. The van der Waals surface area contributed by atoms with Crippen molar-refractivity contribution in [2.24, 2.45) is 5.41 Å². The van der Waals surface area contributed by atoms with Crippen LogP contribution in [0.25, 0.3) is 0 Å². The molecule has 0 aromatic carbocycles. The molecule has 1 aliphatic rings. The van der Waals surface area contributed by atoms with Crippen molar-refractivity contribution in [3.8, 4) is 0 Å². The molecule has 1 saturated carbocycles. The van der Waals surface area contributed by atoms with Gasteiger partial charge in [-0.3, -0.25) is 0 Å². The molecular weight excluding hydrogens is 136 g/mol. The first-order valence-electron chi connectivity index (χ1n) is 4.62. The Kier molecular flexibility index (Phi) is 4.74. The highest BCUT2D eigenvalue weighted by Crippen LogP contribution is 2.36. The van der Waals surface area contributed by atoms with Crippen LogP contribution in [-0.4, -0.2) is 11.2 Å².